The molecule has 1 N–H and O–H groups in total. The van der Waals surface area contributed by atoms with E-state index in [1.165, 1.54) is 31.4 Å². The fourth-order valence-electron chi connectivity index (χ4n) is 3.78. The Morgan fingerprint density at radius 1 is 1.15 bits per heavy atom. The van der Waals surface area contributed by atoms with E-state index in [0.717, 1.165) is 51.5 Å². The van der Waals surface area contributed by atoms with Crippen molar-refractivity contribution in [3.63, 3.8) is 0 Å². The maximum atomic E-state index is 12.9. The number of hydrogen-bond acceptors (Lipinski definition) is 4. The van der Waals surface area contributed by atoms with Crippen molar-refractivity contribution in [2.45, 2.75) is 38.3 Å². The van der Waals surface area contributed by atoms with Gasteiger partial charge in [0.2, 0.25) is 5.91 Å². The second kappa shape index (κ2) is 10.00. The Labute approximate surface area is 155 Å². The summed E-state index contributed by atoms with van der Waals surface area (Å²) in [6, 6.07) is 6.81. The monoisotopic (exact) mass is 363 g/mol. The summed E-state index contributed by atoms with van der Waals surface area (Å²) in [5.41, 5.74) is 0.919. The van der Waals surface area contributed by atoms with Crippen molar-refractivity contribution < 1.29 is 13.9 Å². The number of hydrogen-bond donors (Lipinski definition) is 1. The maximum absolute atomic E-state index is 12.9. The van der Waals surface area contributed by atoms with Crippen LogP contribution in [-0.2, 0) is 16.1 Å². The number of piperidine rings is 1. The second-order valence-electron chi connectivity index (χ2n) is 7.25. The Morgan fingerprint density at radius 3 is 2.69 bits per heavy atom. The molecule has 0 spiro atoms. The van der Waals surface area contributed by atoms with Gasteiger partial charge < -0.3 is 10.1 Å². The zero-order valence-corrected chi connectivity index (χ0v) is 15.5. The first-order valence-electron chi connectivity index (χ1n) is 9.76. The minimum atomic E-state index is -0.253. The van der Waals surface area contributed by atoms with E-state index in [1.807, 2.05) is 0 Å². The van der Waals surface area contributed by atoms with Gasteiger partial charge in [-0.05, 0) is 37.1 Å². The number of carbonyl (C=O) groups is 1. The maximum Gasteiger partial charge on any atom is 0.221 e. The van der Waals surface area contributed by atoms with Crippen molar-refractivity contribution in [2.75, 3.05) is 45.9 Å². The summed E-state index contributed by atoms with van der Waals surface area (Å²) in [4.78, 5) is 17.2. The fraction of sp³-hybridized carbons (Fsp3) is 0.650. The van der Waals surface area contributed by atoms with Crippen LogP contribution in [0.15, 0.2) is 24.3 Å². The number of rotatable bonds is 7. The molecular formula is C20H30FN3O2. The number of carbonyl (C=O) groups excluding carboxylic acids is 1. The normalized spacial score (nSPS) is 22.3. The standard InChI is InChI=1S/C20H30FN3O2/c21-18-6-4-17(5-7-18)15-22-20(25)8-10-24-9-2-1-3-19(24)16-23-11-13-26-14-12-23/h4-7,19H,1-3,8-16H2,(H,22,25). The van der Waals surface area contributed by atoms with Crippen LogP contribution >= 0.6 is 0 Å². The van der Waals surface area contributed by atoms with Crippen LogP contribution in [0.2, 0.25) is 0 Å². The lowest BCUT2D eigenvalue weighted by atomic mass is 10.0. The summed E-state index contributed by atoms with van der Waals surface area (Å²) < 4.78 is 18.3. The van der Waals surface area contributed by atoms with Crippen LogP contribution < -0.4 is 5.32 Å². The predicted molar refractivity (Wildman–Crippen MR) is 99.3 cm³/mol. The lowest BCUT2D eigenvalue weighted by Crippen LogP contribution is -2.50. The molecule has 5 nitrogen and oxygen atoms in total. The van der Waals surface area contributed by atoms with Crippen molar-refractivity contribution in [3.8, 4) is 0 Å². The van der Waals surface area contributed by atoms with Gasteiger partial charge in [0.15, 0.2) is 0 Å². The number of ether oxygens (including phenoxy) is 1. The van der Waals surface area contributed by atoms with E-state index in [9.17, 15) is 9.18 Å². The van der Waals surface area contributed by atoms with E-state index < -0.39 is 0 Å². The van der Waals surface area contributed by atoms with Crippen molar-refractivity contribution >= 4 is 5.91 Å². The van der Waals surface area contributed by atoms with E-state index >= 15 is 0 Å². The zero-order chi connectivity index (χ0) is 18.2. The molecule has 1 unspecified atom stereocenters. The highest BCUT2D eigenvalue weighted by Gasteiger charge is 2.25. The molecule has 1 atom stereocenters. The highest BCUT2D eigenvalue weighted by molar-refractivity contribution is 5.76. The first-order valence-corrected chi connectivity index (χ1v) is 9.76. The van der Waals surface area contributed by atoms with E-state index in [2.05, 4.69) is 15.1 Å². The number of morpholine rings is 1. The molecule has 1 aromatic carbocycles. The summed E-state index contributed by atoms with van der Waals surface area (Å²) in [5.74, 6) is -0.193. The molecule has 144 valence electrons. The van der Waals surface area contributed by atoms with Crippen LogP contribution in [0.1, 0.15) is 31.2 Å². The predicted octanol–water partition coefficient (Wildman–Crippen LogP) is 2.02. The molecule has 0 radical (unpaired) electrons. The molecule has 2 saturated heterocycles. The third-order valence-corrected chi connectivity index (χ3v) is 5.35. The minimum absolute atomic E-state index is 0.0602. The van der Waals surface area contributed by atoms with Gasteiger partial charge in [0.05, 0.1) is 13.2 Å². The smallest absolute Gasteiger partial charge is 0.221 e. The molecule has 2 heterocycles. The van der Waals surface area contributed by atoms with E-state index in [-0.39, 0.29) is 11.7 Å². The van der Waals surface area contributed by atoms with Crippen molar-refractivity contribution in [3.05, 3.63) is 35.6 Å². The molecule has 2 aliphatic rings. The van der Waals surface area contributed by atoms with Crippen LogP contribution in [0.4, 0.5) is 4.39 Å². The average molecular weight is 363 g/mol. The summed E-state index contributed by atoms with van der Waals surface area (Å²) in [5, 5.41) is 2.94. The van der Waals surface area contributed by atoms with Crippen LogP contribution in [0, 0.1) is 5.82 Å². The lowest BCUT2D eigenvalue weighted by Gasteiger charge is -2.39. The molecule has 26 heavy (non-hydrogen) atoms. The van der Waals surface area contributed by atoms with Gasteiger partial charge in [0.25, 0.3) is 0 Å². The number of amides is 1. The number of nitrogens with one attached hydrogen (secondary N) is 1. The van der Waals surface area contributed by atoms with Crippen LogP contribution in [0.25, 0.3) is 0 Å². The molecule has 2 aliphatic heterocycles. The van der Waals surface area contributed by atoms with Gasteiger partial charge in [0.1, 0.15) is 5.82 Å². The summed E-state index contributed by atoms with van der Waals surface area (Å²) in [7, 11) is 0. The number of benzene rings is 1. The van der Waals surface area contributed by atoms with Crippen molar-refractivity contribution in [2.24, 2.45) is 0 Å². The van der Waals surface area contributed by atoms with E-state index in [4.69, 9.17) is 4.74 Å². The topological polar surface area (TPSA) is 44.8 Å². The van der Waals surface area contributed by atoms with Gasteiger partial charge >= 0.3 is 0 Å². The Hall–Kier alpha value is -1.50. The SMILES string of the molecule is O=C(CCN1CCCCC1CN1CCOCC1)NCc1ccc(F)cc1. The van der Waals surface area contributed by atoms with Gasteiger partial charge in [0, 0.05) is 45.2 Å². The highest BCUT2D eigenvalue weighted by atomic mass is 19.1. The number of nitrogens with zero attached hydrogens (tertiary/aromatic N) is 2. The molecule has 0 saturated carbocycles. The van der Waals surface area contributed by atoms with Crippen LogP contribution in [0.5, 0.6) is 0 Å². The number of halogens is 1. The van der Waals surface area contributed by atoms with Gasteiger partial charge in [-0.25, -0.2) is 4.39 Å². The van der Waals surface area contributed by atoms with Crippen molar-refractivity contribution in [1.82, 2.24) is 15.1 Å². The zero-order valence-electron chi connectivity index (χ0n) is 15.5. The first-order chi connectivity index (χ1) is 12.7. The highest BCUT2D eigenvalue weighted by Crippen LogP contribution is 2.18. The van der Waals surface area contributed by atoms with Gasteiger partial charge in [-0.3, -0.25) is 14.6 Å². The molecular weight excluding hydrogens is 333 g/mol. The van der Waals surface area contributed by atoms with E-state index in [1.54, 1.807) is 12.1 Å². The fourth-order valence-corrected chi connectivity index (χ4v) is 3.78. The summed E-state index contributed by atoms with van der Waals surface area (Å²) >= 11 is 0. The molecule has 1 aromatic rings. The lowest BCUT2D eigenvalue weighted by molar-refractivity contribution is -0.121. The van der Waals surface area contributed by atoms with Gasteiger partial charge in [-0.1, -0.05) is 18.6 Å². The third kappa shape index (κ3) is 6.04. The minimum Gasteiger partial charge on any atom is -0.379 e. The Bertz CT molecular complexity index is 561. The number of likely N-dealkylation sites (tertiary alicyclic amines) is 1. The summed E-state index contributed by atoms with van der Waals surface area (Å²) in [6.07, 6.45) is 4.23. The summed E-state index contributed by atoms with van der Waals surface area (Å²) in [6.45, 7) is 7.13. The van der Waals surface area contributed by atoms with Crippen LogP contribution in [0.3, 0.4) is 0 Å². The Morgan fingerprint density at radius 2 is 1.92 bits per heavy atom. The molecule has 6 heteroatoms. The Kier molecular flexibility index (Phi) is 7.41. The second-order valence-corrected chi connectivity index (χ2v) is 7.25. The average Bonchev–Trinajstić information content (AvgIpc) is 2.68. The van der Waals surface area contributed by atoms with Crippen molar-refractivity contribution in [1.29, 1.82) is 0 Å². The molecule has 0 bridgehead atoms. The molecule has 3 rings (SSSR count). The quantitative estimate of drug-likeness (QED) is 0.805. The molecule has 0 aliphatic carbocycles. The Balaban J connectivity index is 1.40. The molecule has 0 aromatic heterocycles. The largest absolute Gasteiger partial charge is 0.379 e. The first kappa shape index (κ1) is 19.3. The third-order valence-electron chi connectivity index (χ3n) is 5.35. The van der Waals surface area contributed by atoms with Crippen LogP contribution in [-0.4, -0.2) is 67.7 Å². The van der Waals surface area contributed by atoms with Gasteiger partial charge in [-0.2, -0.15) is 0 Å². The van der Waals surface area contributed by atoms with E-state index in [0.29, 0.717) is 19.0 Å². The van der Waals surface area contributed by atoms with Gasteiger partial charge in [-0.15, -0.1) is 0 Å². The molecule has 1 amide bonds. The molecule has 2 fully saturated rings.